The van der Waals surface area contributed by atoms with Crippen molar-refractivity contribution in [3.05, 3.63) is 66.2 Å². The molecule has 0 heterocycles. The highest BCUT2D eigenvalue weighted by Gasteiger charge is 2.42. The molecule has 2 aromatic carbocycles. The zero-order valence-electron chi connectivity index (χ0n) is 18.9. The van der Waals surface area contributed by atoms with E-state index in [1.807, 2.05) is 36.4 Å². The van der Waals surface area contributed by atoms with Crippen molar-refractivity contribution in [2.75, 3.05) is 6.54 Å². The zero-order chi connectivity index (χ0) is 21.4. The average molecular weight is 396 g/mol. The first-order chi connectivity index (χ1) is 13.8. The smallest absolute Gasteiger partial charge is 0.317 e. The normalized spacial score (nSPS) is 14.8. The Labute approximate surface area is 177 Å². The van der Waals surface area contributed by atoms with Crippen molar-refractivity contribution in [1.29, 1.82) is 0 Å². The second kappa shape index (κ2) is 10.6. The van der Waals surface area contributed by atoms with Crippen LogP contribution in [0.3, 0.4) is 0 Å². The standard InChI is InChI=1S/C26H37NO2/c1-7-26(6,25(28)29-23-16-12-9-13-17-23)24(22-14-10-8-11-15-22)18-19-27(20(2)3)21(4)5/h8-17,20-21,24H,7,18-19H2,1-6H3/t24-,26?/m1/s1. The van der Waals surface area contributed by atoms with Gasteiger partial charge in [0.15, 0.2) is 0 Å². The van der Waals surface area contributed by atoms with Crippen LogP contribution in [0.1, 0.15) is 65.9 Å². The van der Waals surface area contributed by atoms with Gasteiger partial charge in [0, 0.05) is 18.0 Å². The molecule has 3 nitrogen and oxygen atoms in total. The van der Waals surface area contributed by atoms with Crippen molar-refractivity contribution < 1.29 is 9.53 Å². The van der Waals surface area contributed by atoms with Crippen molar-refractivity contribution >= 4 is 5.97 Å². The third kappa shape index (κ3) is 5.93. The lowest BCUT2D eigenvalue weighted by Crippen LogP contribution is -2.42. The van der Waals surface area contributed by atoms with Crippen LogP contribution < -0.4 is 4.74 Å². The Kier molecular flexibility index (Phi) is 8.45. The number of para-hydroxylation sites is 1. The molecular formula is C26H37NO2. The van der Waals surface area contributed by atoms with E-state index >= 15 is 0 Å². The van der Waals surface area contributed by atoms with Crippen molar-refractivity contribution in [2.24, 2.45) is 5.41 Å². The van der Waals surface area contributed by atoms with Gasteiger partial charge in [-0.2, -0.15) is 0 Å². The highest BCUT2D eigenvalue weighted by Crippen LogP contribution is 2.42. The summed E-state index contributed by atoms with van der Waals surface area (Å²) in [6.07, 6.45) is 1.64. The van der Waals surface area contributed by atoms with Crippen LogP contribution in [0, 0.1) is 5.41 Å². The minimum Gasteiger partial charge on any atom is -0.426 e. The summed E-state index contributed by atoms with van der Waals surface area (Å²) in [4.78, 5) is 15.9. The molecule has 0 saturated carbocycles. The molecular weight excluding hydrogens is 358 g/mol. The molecule has 0 aliphatic carbocycles. The Bertz CT molecular complexity index is 734. The van der Waals surface area contributed by atoms with Crippen LogP contribution in [0.5, 0.6) is 5.75 Å². The highest BCUT2D eigenvalue weighted by atomic mass is 16.5. The van der Waals surface area contributed by atoms with Gasteiger partial charge in [-0.05, 0) is 71.7 Å². The molecule has 2 rings (SSSR count). The first-order valence-electron chi connectivity index (χ1n) is 10.9. The Morgan fingerprint density at radius 2 is 1.45 bits per heavy atom. The van der Waals surface area contributed by atoms with Crippen molar-refractivity contribution in [1.82, 2.24) is 4.90 Å². The molecule has 0 fully saturated rings. The molecule has 0 aliphatic rings. The molecule has 2 aromatic rings. The average Bonchev–Trinajstić information content (AvgIpc) is 2.71. The molecule has 29 heavy (non-hydrogen) atoms. The van der Waals surface area contributed by atoms with E-state index in [1.54, 1.807) is 0 Å². The number of esters is 1. The van der Waals surface area contributed by atoms with Crippen molar-refractivity contribution in [3.63, 3.8) is 0 Å². The first-order valence-corrected chi connectivity index (χ1v) is 10.9. The molecule has 158 valence electrons. The molecule has 2 atom stereocenters. The van der Waals surface area contributed by atoms with E-state index < -0.39 is 5.41 Å². The van der Waals surface area contributed by atoms with Gasteiger partial charge in [0.25, 0.3) is 0 Å². The summed E-state index contributed by atoms with van der Waals surface area (Å²) in [6.45, 7) is 14.0. The molecule has 0 spiro atoms. The Morgan fingerprint density at radius 1 is 0.931 bits per heavy atom. The van der Waals surface area contributed by atoms with E-state index in [0.717, 1.165) is 19.4 Å². The molecule has 0 bridgehead atoms. The summed E-state index contributed by atoms with van der Waals surface area (Å²) in [5.41, 5.74) is 0.603. The number of benzene rings is 2. The van der Waals surface area contributed by atoms with Crippen LogP contribution in [0.15, 0.2) is 60.7 Å². The maximum absolute atomic E-state index is 13.4. The molecule has 0 radical (unpaired) electrons. The van der Waals surface area contributed by atoms with Gasteiger partial charge >= 0.3 is 5.97 Å². The minimum atomic E-state index is -0.600. The number of hydrogen-bond acceptors (Lipinski definition) is 3. The van der Waals surface area contributed by atoms with Gasteiger partial charge in [-0.3, -0.25) is 9.69 Å². The fourth-order valence-corrected chi connectivity index (χ4v) is 4.17. The maximum Gasteiger partial charge on any atom is 0.317 e. The van der Waals surface area contributed by atoms with Crippen LogP contribution in [0.4, 0.5) is 0 Å². The first kappa shape index (κ1) is 23.2. The monoisotopic (exact) mass is 395 g/mol. The van der Waals surface area contributed by atoms with E-state index in [-0.39, 0.29) is 11.9 Å². The number of carbonyl (C=O) groups is 1. The number of hydrogen-bond donors (Lipinski definition) is 0. The molecule has 0 aliphatic heterocycles. The van der Waals surface area contributed by atoms with Gasteiger partial charge < -0.3 is 4.74 Å². The van der Waals surface area contributed by atoms with E-state index in [2.05, 4.69) is 70.7 Å². The second-order valence-corrected chi connectivity index (χ2v) is 8.65. The predicted octanol–water partition coefficient (Wildman–Crippen LogP) is 6.30. The van der Waals surface area contributed by atoms with E-state index in [9.17, 15) is 4.79 Å². The van der Waals surface area contributed by atoms with Crippen molar-refractivity contribution in [2.45, 2.75) is 72.4 Å². The van der Waals surface area contributed by atoms with E-state index in [4.69, 9.17) is 4.74 Å². The molecule has 1 unspecified atom stereocenters. The fourth-order valence-electron chi connectivity index (χ4n) is 4.17. The Hall–Kier alpha value is -2.13. The maximum atomic E-state index is 13.4. The lowest BCUT2D eigenvalue weighted by Gasteiger charge is -2.38. The van der Waals surface area contributed by atoms with Crippen LogP contribution in [-0.2, 0) is 4.79 Å². The van der Waals surface area contributed by atoms with Gasteiger partial charge in [0.05, 0.1) is 5.41 Å². The summed E-state index contributed by atoms with van der Waals surface area (Å²) in [5, 5.41) is 0. The molecule has 0 N–H and O–H groups in total. The van der Waals surface area contributed by atoms with Gasteiger partial charge in [-0.15, -0.1) is 0 Å². The second-order valence-electron chi connectivity index (χ2n) is 8.65. The topological polar surface area (TPSA) is 29.5 Å². The molecule has 3 heteroatoms. The Balaban J connectivity index is 2.32. The third-order valence-electron chi connectivity index (χ3n) is 6.13. The molecule has 0 saturated heterocycles. The van der Waals surface area contributed by atoms with E-state index in [1.165, 1.54) is 5.56 Å². The largest absolute Gasteiger partial charge is 0.426 e. The van der Waals surface area contributed by atoms with Crippen LogP contribution in [0.2, 0.25) is 0 Å². The number of nitrogens with zero attached hydrogens (tertiary/aromatic N) is 1. The number of ether oxygens (including phenoxy) is 1. The van der Waals surface area contributed by atoms with Crippen LogP contribution in [0.25, 0.3) is 0 Å². The highest BCUT2D eigenvalue weighted by molar-refractivity contribution is 5.80. The molecule has 0 amide bonds. The van der Waals surface area contributed by atoms with Gasteiger partial charge in [0.1, 0.15) is 5.75 Å². The van der Waals surface area contributed by atoms with Gasteiger partial charge in [-0.25, -0.2) is 0 Å². The zero-order valence-corrected chi connectivity index (χ0v) is 18.9. The summed E-state index contributed by atoms with van der Waals surface area (Å²) >= 11 is 0. The fraction of sp³-hybridized carbons (Fsp3) is 0.500. The van der Waals surface area contributed by atoms with Crippen molar-refractivity contribution in [3.8, 4) is 5.75 Å². The number of carbonyl (C=O) groups excluding carboxylic acids is 1. The Morgan fingerprint density at radius 3 is 1.93 bits per heavy atom. The van der Waals surface area contributed by atoms with Crippen LogP contribution in [-0.4, -0.2) is 29.5 Å². The van der Waals surface area contributed by atoms with Gasteiger partial charge in [-0.1, -0.05) is 55.5 Å². The lowest BCUT2D eigenvalue weighted by atomic mass is 9.70. The lowest BCUT2D eigenvalue weighted by molar-refractivity contribution is -0.147. The summed E-state index contributed by atoms with van der Waals surface area (Å²) in [6, 6.07) is 20.8. The minimum absolute atomic E-state index is 0.0879. The van der Waals surface area contributed by atoms with E-state index in [0.29, 0.717) is 17.8 Å². The number of rotatable bonds is 10. The summed E-state index contributed by atoms with van der Waals surface area (Å²) in [7, 11) is 0. The summed E-state index contributed by atoms with van der Waals surface area (Å²) in [5.74, 6) is 0.542. The SMILES string of the molecule is CCC(C)(C(=O)Oc1ccccc1)[C@H](CCN(C(C)C)C(C)C)c1ccccc1. The predicted molar refractivity (Wildman–Crippen MR) is 121 cm³/mol. The third-order valence-corrected chi connectivity index (χ3v) is 6.13. The van der Waals surface area contributed by atoms with Gasteiger partial charge in [0.2, 0.25) is 0 Å². The molecule has 0 aromatic heterocycles. The quantitative estimate of drug-likeness (QED) is 0.349. The summed E-state index contributed by atoms with van der Waals surface area (Å²) < 4.78 is 5.82. The van der Waals surface area contributed by atoms with Crippen LogP contribution >= 0.6 is 0 Å².